The van der Waals surface area contributed by atoms with Gasteiger partial charge in [0.15, 0.2) is 0 Å². The van der Waals surface area contributed by atoms with Crippen LogP contribution in [0.2, 0.25) is 0 Å². The number of nitrogens with one attached hydrogen (secondary N) is 1. The maximum atomic E-state index is 12.1. The highest BCUT2D eigenvalue weighted by molar-refractivity contribution is 5.92. The number of rotatable bonds is 5. The summed E-state index contributed by atoms with van der Waals surface area (Å²) >= 11 is 0. The molecule has 0 aliphatic heterocycles. The molecule has 5 heteroatoms. The Labute approximate surface area is 93.6 Å². The zero-order chi connectivity index (χ0) is 12.0. The molecule has 0 aliphatic rings. The van der Waals surface area contributed by atoms with Crippen molar-refractivity contribution >= 4 is 11.7 Å². The van der Waals surface area contributed by atoms with Crippen LogP contribution in [0, 0.1) is 0 Å². The van der Waals surface area contributed by atoms with E-state index in [1.807, 2.05) is 0 Å². The van der Waals surface area contributed by atoms with Crippen molar-refractivity contribution < 1.29 is 13.9 Å². The SMILES string of the molecule is COC(=O)c1cccc(NCCF)c1CN. The second-order valence-corrected chi connectivity index (χ2v) is 3.14. The summed E-state index contributed by atoms with van der Waals surface area (Å²) in [6.45, 7) is -0.0933. The largest absolute Gasteiger partial charge is 0.465 e. The maximum absolute atomic E-state index is 12.1. The zero-order valence-corrected chi connectivity index (χ0v) is 9.13. The van der Waals surface area contributed by atoms with Gasteiger partial charge in [0.25, 0.3) is 0 Å². The Balaban J connectivity index is 3.05. The van der Waals surface area contributed by atoms with Gasteiger partial charge < -0.3 is 15.8 Å². The molecule has 3 N–H and O–H groups in total. The number of esters is 1. The van der Waals surface area contributed by atoms with E-state index in [2.05, 4.69) is 10.1 Å². The molecule has 0 unspecified atom stereocenters. The summed E-state index contributed by atoms with van der Waals surface area (Å²) in [5, 5.41) is 2.87. The van der Waals surface area contributed by atoms with Crippen molar-refractivity contribution in [1.29, 1.82) is 0 Å². The highest BCUT2D eigenvalue weighted by atomic mass is 19.1. The first-order valence-electron chi connectivity index (χ1n) is 4.94. The van der Waals surface area contributed by atoms with E-state index >= 15 is 0 Å². The van der Waals surface area contributed by atoms with Crippen molar-refractivity contribution in [2.75, 3.05) is 25.6 Å². The molecule has 0 bridgehead atoms. The summed E-state index contributed by atoms with van der Waals surface area (Å²) in [5.74, 6) is -0.440. The Morgan fingerprint density at radius 3 is 2.88 bits per heavy atom. The van der Waals surface area contributed by atoms with E-state index in [-0.39, 0.29) is 13.1 Å². The third-order valence-electron chi connectivity index (χ3n) is 2.20. The van der Waals surface area contributed by atoms with Crippen molar-refractivity contribution in [3.63, 3.8) is 0 Å². The topological polar surface area (TPSA) is 64.3 Å². The lowest BCUT2D eigenvalue weighted by Gasteiger charge is -2.12. The number of methoxy groups -OCH3 is 1. The number of nitrogens with two attached hydrogens (primary N) is 1. The number of hydrogen-bond donors (Lipinski definition) is 2. The Morgan fingerprint density at radius 2 is 2.31 bits per heavy atom. The molecule has 0 spiro atoms. The van der Waals surface area contributed by atoms with Gasteiger partial charge in [0, 0.05) is 24.3 Å². The summed E-state index contributed by atoms with van der Waals surface area (Å²) in [7, 11) is 1.31. The van der Waals surface area contributed by atoms with E-state index in [9.17, 15) is 9.18 Å². The predicted molar refractivity (Wildman–Crippen MR) is 60.1 cm³/mol. The quantitative estimate of drug-likeness (QED) is 0.743. The van der Waals surface area contributed by atoms with Crippen LogP contribution in [0.15, 0.2) is 18.2 Å². The average molecular weight is 226 g/mol. The predicted octanol–water partition coefficient (Wildman–Crippen LogP) is 1.31. The van der Waals surface area contributed by atoms with Crippen molar-refractivity contribution in [3.05, 3.63) is 29.3 Å². The maximum Gasteiger partial charge on any atom is 0.338 e. The molecule has 4 nitrogen and oxygen atoms in total. The minimum atomic E-state index is -0.480. The fourth-order valence-corrected chi connectivity index (χ4v) is 1.46. The first-order valence-corrected chi connectivity index (χ1v) is 4.94. The second kappa shape index (κ2) is 6.07. The molecule has 88 valence electrons. The summed E-state index contributed by atoms with van der Waals surface area (Å²) < 4.78 is 16.7. The molecular formula is C11H15FN2O2. The van der Waals surface area contributed by atoms with Crippen LogP contribution in [0.4, 0.5) is 10.1 Å². The van der Waals surface area contributed by atoms with E-state index in [1.54, 1.807) is 18.2 Å². The molecule has 0 heterocycles. The molecule has 0 fully saturated rings. The minimum Gasteiger partial charge on any atom is -0.465 e. The van der Waals surface area contributed by atoms with Crippen molar-refractivity contribution in [2.24, 2.45) is 5.73 Å². The van der Waals surface area contributed by atoms with Gasteiger partial charge in [-0.1, -0.05) is 6.07 Å². The van der Waals surface area contributed by atoms with Crippen molar-refractivity contribution in [2.45, 2.75) is 6.54 Å². The van der Waals surface area contributed by atoms with Crippen LogP contribution >= 0.6 is 0 Å². The van der Waals surface area contributed by atoms with Crippen LogP contribution < -0.4 is 11.1 Å². The zero-order valence-electron chi connectivity index (χ0n) is 9.13. The Hall–Kier alpha value is -1.62. The molecule has 0 saturated heterocycles. The molecule has 0 radical (unpaired) electrons. The van der Waals surface area contributed by atoms with Gasteiger partial charge in [-0.3, -0.25) is 0 Å². The van der Waals surface area contributed by atoms with Gasteiger partial charge in [-0.25, -0.2) is 9.18 Å². The van der Waals surface area contributed by atoms with Crippen LogP contribution in [0.1, 0.15) is 15.9 Å². The number of benzene rings is 1. The van der Waals surface area contributed by atoms with Crippen LogP contribution in [-0.2, 0) is 11.3 Å². The third-order valence-corrected chi connectivity index (χ3v) is 2.20. The fourth-order valence-electron chi connectivity index (χ4n) is 1.46. The Morgan fingerprint density at radius 1 is 1.56 bits per heavy atom. The third kappa shape index (κ3) is 2.70. The monoisotopic (exact) mass is 226 g/mol. The van der Waals surface area contributed by atoms with E-state index in [0.29, 0.717) is 16.8 Å². The average Bonchev–Trinajstić information content (AvgIpc) is 2.34. The van der Waals surface area contributed by atoms with Gasteiger partial charge in [-0.2, -0.15) is 0 Å². The Kier molecular flexibility index (Phi) is 4.72. The Bertz CT molecular complexity index is 369. The van der Waals surface area contributed by atoms with E-state index in [1.165, 1.54) is 7.11 Å². The lowest BCUT2D eigenvalue weighted by Crippen LogP contribution is -2.13. The van der Waals surface area contributed by atoms with Gasteiger partial charge in [0.1, 0.15) is 6.67 Å². The standard InChI is InChI=1S/C11H15FN2O2/c1-16-11(15)8-3-2-4-10(9(8)7-13)14-6-5-12/h2-4,14H,5-7,13H2,1H3. The smallest absolute Gasteiger partial charge is 0.338 e. The molecule has 1 aromatic carbocycles. The molecule has 0 atom stereocenters. The second-order valence-electron chi connectivity index (χ2n) is 3.14. The number of alkyl halides is 1. The van der Waals surface area contributed by atoms with Gasteiger partial charge in [-0.15, -0.1) is 0 Å². The van der Waals surface area contributed by atoms with Gasteiger partial charge >= 0.3 is 5.97 Å². The number of carbonyl (C=O) groups is 1. The molecule has 0 aliphatic carbocycles. The number of halogens is 1. The van der Waals surface area contributed by atoms with Crippen molar-refractivity contribution in [3.8, 4) is 0 Å². The van der Waals surface area contributed by atoms with Crippen LogP contribution in [0.5, 0.6) is 0 Å². The van der Waals surface area contributed by atoms with Gasteiger partial charge in [-0.05, 0) is 12.1 Å². The van der Waals surface area contributed by atoms with E-state index < -0.39 is 12.6 Å². The highest BCUT2D eigenvalue weighted by Crippen LogP contribution is 2.20. The first kappa shape index (κ1) is 12.4. The van der Waals surface area contributed by atoms with Gasteiger partial charge in [0.05, 0.1) is 12.7 Å². The highest BCUT2D eigenvalue weighted by Gasteiger charge is 2.13. The van der Waals surface area contributed by atoms with Crippen molar-refractivity contribution in [1.82, 2.24) is 0 Å². The molecule has 0 aromatic heterocycles. The molecule has 16 heavy (non-hydrogen) atoms. The molecule has 0 amide bonds. The lowest BCUT2D eigenvalue weighted by atomic mass is 10.1. The van der Waals surface area contributed by atoms with Crippen LogP contribution in [0.3, 0.4) is 0 Å². The number of anilines is 1. The molecule has 1 rings (SSSR count). The fraction of sp³-hybridized carbons (Fsp3) is 0.364. The summed E-state index contributed by atoms with van der Waals surface area (Å²) in [4.78, 5) is 11.4. The lowest BCUT2D eigenvalue weighted by molar-refractivity contribution is 0.0599. The van der Waals surface area contributed by atoms with Crippen LogP contribution in [0.25, 0.3) is 0 Å². The summed E-state index contributed by atoms with van der Waals surface area (Å²) in [6, 6.07) is 5.09. The number of ether oxygens (including phenoxy) is 1. The van der Waals surface area contributed by atoms with Crippen LogP contribution in [-0.4, -0.2) is 26.3 Å². The molecule has 0 saturated carbocycles. The minimum absolute atomic E-state index is 0.192. The van der Waals surface area contributed by atoms with E-state index in [0.717, 1.165) is 0 Å². The summed E-state index contributed by atoms with van der Waals surface area (Å²) in [6.07, 6.45) is 0. The molecule has 1 aromatic rings. The number of hydrogen-bond acceptors (Lipinski definition) is 4. The normalized spacial score (nSPS) is 9.94. The molecular weight excluding hydrogens is 211 g/mol. The van der Waals surface area contributed by atoms with Gasteiger partial charge in [0.2, 0.25) is 0 Å². The van der Waals surface area contributed by atoms with E-state index in [4.69, 9.17) is 5.73 Å². The first-order chi connectivity index (χ1) is 7.74. The summed E-state index contributed by atoms with van der Waals surface area (Å²) in [5.41, 5.74) is 7.30. The number of carbonyl (C=O) groups excluding carboxylic acids is 1.